The van der Waals surface area contributed by atoms with Crippen LogP contribution in [0.5, 0.6) is 5.75 Å². The number of hydrogen-bond acceptors (Lipinski definition) is 4. The van der Waals surface area contributed by atoms with Gasteiger partial charge in [-0.3, -0.25) is 4.79 Å². The zero-order valence-electron chi connectivity index (χ0n) is 14.3. The Labute approximate surface area is 142 Å². The second-order valence-corrected chi connectivity index (χ2v) is 5.92. The fraction of sp³-hybridized carbons (Fsp3) is 0.529. The fourth-order valence-corrected chi connectivity index (χ4v) is 2.82. The van der Waals surface area contributed by atoms with Crippen LogP contribution in [-0.2, 0) is 4.79 Å². The summed E-state index contributed by atoms with van der Waals surface area (Å²) < 4.78 is 6.03. The number of urea groups is 1. The molecule has 0 fully saturated rings. The van der Waals surface area contributed by atoms with E-state index < -0.39 is 6.03 Å². The molecule has 1 aliphatic heterocycles. The molecule has 0 saturated carbocycles. The van der Waals surface area contributed by atoms with Crippen LogP contribution in [0, 0.1) is 0 Å². The van der Waals surface area contributed by atoms with Crippen LogP contribution in [0.2, 0.25) is 0 Å². The van der Waals surface area contributed by atoms with Gasteiger partial charge in [-0.2, -0.15) is 0 Å². The summed E-state index contributed by atoms with van der Waals surface area (Å²) in [5, 5.41) is 2.48. The first kappa shape index (κ1) is 17.9. The lowest BCUT2D eigenvalue weighted by Crippen LogP contribution is -2.46. The number of anilines is 1. The highest BCUT2D eigenvalue weighted by atomic mass is 16.5. The Morgan fingerprint density at radius 2 is 2.17 bits per heavy atom. The Hall–Kier alpha value is -2.44. The summed E-state index contributed by atoms with van der Waals surface area (Å²) >= 11 is 0. The minimum atomic E-state index is -0.565. The minimum absolute atomic E-state index is 0.0341. The number of fused-ring (bicyclic) bond motifs is 1. The molecule has 1 aliphatic rings. The average Bonchev–Trinajstić information content (AvgIpc) is 2.57. The van der Waals surface area contributed by atoms with Crippen LogP contribution in [0.25, 0.3) is 0 Å². The molecule has 0 radical (unpaired) electrons. The molecule has 24 heavy (non-hydrogen) atoms. The molecule has 132 valence electrons. The predicted molar refractivity (Wildman–Crippen MR) is 93.2 cm³/mol. The molecule has 1 aromatic rings. The average molecular weight is 334 g/mol. The van der Waals surface area contributed by atoms with E-state index in [1.165, 1.54) is 0 Å². The molecule has 0 unspecified atom stereocenters. The number of para-hydroxylation sites is 2. The molecule has 0 bridgehead atoms. The van der Waals surface area contributed by atoms with Crippen LogP contribution in [0.4, 0.5) is 10.5 Å². The Balaban J connectivity index is 1.85. The molecule has 1 aromatic carbocycles. The lowest BCUT2D eigenvalue weighted by atomic mass is 10.1. The van der Waals surface area contributed by atoms with Gasteiger partial charge < -0.3 is 25.6 Å². The van der Waals surface area contributed by atoms with E-state index in [9.17, 15) is 9.59 Å². The molecule has 0 saturated heterocycles. The maximum atomic E-state index is 12.2. The van der Waals surface area contributed by atoms with Crippen molar-refractivity contribution >= 4 is 17.6 Å². The van der Waals surface area contributed by atoms with E-state index in [4.69, 9.17) is 10.5 Å². The van der Waals surface area contributed by atoms with E-state index >= 15 is 0 Å². The first-order valence-electron chi connectivity index (χ1n) is 8.29. The van der Waals surface area contributed by atoms with Gasteiger partial charge in [0.1, 0.15) is 11.9 Å². The number of nitrogens with zero attached hydrogens (tertiary/aromatic N) is 2. The van der Waals surface area contributed by atoms with Gasteiger partial charge in [-0.25, -0.2) is 4.79 Å². The van der Waals surface area contributed by atoms with Crippen molar-refractivity contribution in [2.75, 3.05) is 38.1 Å². The third kappa shape index (κ3) is 4.78. The van der Waals surface area contributed by atoms with Gasteiger partial charge in [-0.15, -0.1) is 0 Å². The molecule has 2 rings (SSSR count). The fourth-order valence-electron chi connectivity index (χ4n) is 2.82. The predicted octanol–water partition coefficient (Wildman–Crippen LogP) is 1.18. The van der Waals surface area contributed by atoms with E-state index in [-0.39, 0.29) is 12.0 Å². The van der Waals surface area contributed by atoms with Gasteiger partial charge in [-0.05, 0) is 25.5 Å². The number of ether oxygens (including phenoxy) is 1. The Morgan fingerprint density at radius 1 is 1.42 bits per heavy atom. The minimum Gasteiger partial charge on any atom is -0.485 e. The van der Waals surface area contributed by atoms with Gasteiger partial charge in [0.15, 0.2) is 0 Å². The van der Waals surface area contributed by atoms with Gasteiger partial charge in [0.25, 0.3) is 0 Å². The molecule has 1 atom stereocenters. The molecule has 1 heterocycles. The summed E-state index contributed by atoms with van der Waals surface area (Å²) in [4.78, 5) is 26.7. The van der Waals surface area contributed by atoms with Crippen molar-refractivity contribution in [3.8, 4) is 5.75 Å². The standard InChI is InChI=1S/C17H26N4O3/c1-3-21-12-13(24-15-8-5-4-7-14(15)21)11-20(2)16(22)9-6-10-19-17(18)23/h4-5,7-8,13H,3,6,9-12H2,1-2H3,(H3,18,19,23)/t13-/m0/s1. The zero-order valence-corrected chi connectivity index (χ0v) is 14.3. The van der Waals surface area contributed by atoms with Crippen molar-refractivity contribution in [2.24, 2.45) is 5.73 Å². The first-order valence-corrected chi connectivity index (χ1v) is 8.29. The second kappa shape index (κ2) is 8.42. The number of carbonyl (C=O) groups excluding carboxylic acids is 2. The van der Waals surface area contributed by atoms with E-state index in [0.29, 0.717) is 25.9 Å². The van der Waals surface area contributed by atoms with Crippen molar-refractivity contribution in [2.45, 2.75) is 25.9 Å². The summed E-state index contributed by atoms with van der Waals surface area (Å²) in [6.45, 7) is 4.71. The summed E-state index contributed by atoms with van der Waals surface area (Å²) in [7, 11) is 1.78. The summed E-state index contributed by atoms with van der Waals surface area (Å²) in [6, 6.07) is 7.40. The maximum Gasteiger partial charge on any atom is 0.312 e. The maximum absolute atomic E-state index is 12.2. The normalized spacial score (nSPS) is 16.1. The SMILES string of the molecule is CCN1C[C@H](CN(C)C(=O)CCCNC(N)=O)Oc2ccccc21. The molecule has 3 N–H and O–H groups in total. The number of amides is 3. The highest BCUT2D eigenvalue weighted by molar-refractivity contribution is 5.76. The topological polar surface area (TPSA) is 87.9 Å². The lowest BCUT2D eigenvalue weighted by Gasteiger charge is -2.37. The number of rotatable bonds is 7. The highest BCUT2D eigenvalue weighted by Gasteiger charge is 2.26. The number of carbonyl (C=O) groups is 2. The molecule has 7 nitrogen and oxygen atoms in total. The Bertz CT molecular complexity index is 579. The number of primary amides is 1. The largest absolute Gasteiger partial charge is 0.485 e. The summed E-state index contributed by atoms with van der Waals surface area (Å²) in [5.41, 5.74) is 6.09. The van der Waals surface area contributed by atoms with Crippen LogP contribution < -0.4 is 20.7 Å². The molecular formula is C17H26N4O3. The molecule has 7 heteroatoms. The van der Waals surface area contributed by atoms with Gasteiger partial charge in [0, 0.05) is 26.6 Å². The first-order chi connectivity index (χ1) is 11.5. The van der Waals surface area contributed by atoms with Crippen molar-refractivity contribution < 1.29 is 14.3 Å². The van der Waals surface area contributed by atoms with Crippen LogP contribution in [0.15, 0.2) is 24.3 Å². The van der Waals surface area contributed by atoms with Crippen LogP contribution in [0.1, 0.15) is 19.8 Å². The number of benzene rings is 1. The van der Waals surface area contributed by atoms with Crippen molar-refractivity contribution in [3.63, 3.8) is 0 Å². The van der Waals surface area contributed by atoms with E-state index in [1.807, 2.05) is 18.2 Å². The third-order valence-corrected chi connectivity index (χ3v) is 4.08. The van der Waals surface area contributed by atoms with Gasteiger partial charge in [0.05, 0.1) is 18.8 Å². The molecule has 0 aliphatic carbocycles. The molecule has 3 amide bonds. The quantitative estimate of drug-likeness (QED) is 0.733. The smallest absolute Gasteiger partial charge is 0.312 e. The number of hydrogen-bond donors (Lipinski definition) is 2. The number of nitrogens with two attached hydrogens (primary N) is 1. The van der Waals surface area contributed by atoms with Gasteiger partial charge in [-0.1, -0.05) is 12.1 Å². The van der Waals surface area contributed by atoms with Crippen molar-refractivity contribution in [3.05, 3.63) is 24.3 Å². The molecular weight excluding hydrogens is 308 g/mol. The van der Waals surface area contributed by atoms with Crippen molar-refractivity contribution in [1.29, 1.82) is 0 Å². The zero-order chi connectivity index (χ0) is 17.5. The lowest BCUT2D eigenvalue weighted by molar-refractivity contribution is -0.131. The number of likely N-dealkylation sites (N-methyl/N-ethyl adjacent to an activating group) is 2. The monoisotopic (exact) mass is 334 g/mol. The van der Waals surface area contributed by atoms with Gasteiger partial charge in [0.2, 0.25) is 5.91 Å². The molecule has 0 aromatic heterocycles. The molecule has 0 spiro atoms. The highest BCUT2D eigenvalue weighted by Crippen LogP contribution is 2.32. The van der Waals surface area contributed by atoms with E-state index in [2.05, 4.69) is 23.2 Å². The third-order valence-electron chi connectivity index (χ3n) is 4.08. The van der Waals surface area contributed by atoms with Gasteiger partial charge >= 0.3 is 6.03 Å². The second-order valence-electron chi connectivity index (χ2n) is 5.92. The Morgan fingerprint density at radius 3 is 2.88 bits per heavy atom. The van der Waals surface area contributed by atoms with Crippen LogP contribution in [-0.4, -0.2) is 56.2 Å². The summed E-state index contributed by atoms with van der Waals surface area (Å²) in [5.74, 6) is 0.897. The Kier molecular flexibility index (Phi) is 6.28. The number of nitrogens with one attached hydrogen (secondary N) is 1. The van der Waals surface area contributed by atoms with Crippen molar-refractivity contribution in [1.82, 2.24) is 10.2 Å². The van der Waals surface area contributed by atoms with E-state index in [1.54, 1.807) is 11.9 Å². The van der Waals surface area contributed by atoms with E-state index in [0.717, 1.165) is 24.5 Å². The summed E-state index contributed by atoms with van der Waals surface area (Å²) in [6.07, 6.45) is 0.886. The van der Waals surface area contributed by atoms with Crippen LogP contribution >= 0.6 is 0 Å². The van der Waals surface area contributed by atoms with Crippen LogP contribution in [0.3, 0.4) is 0 Å².